The average Bonchev–Trinajstić information content (AvgIpc) is 3.22. The van der Waals surface area contributed by atoms with Gasteiger partial charge in [-0.3, -0.25) is 9.59 Å². The molecule has 0 atom stereocenters. The monoisotopic (exact) mass is 479 g/mol. The van der Waals surface area contributed by atoms with Gasteiger partial charge in [0.1, 0.15) is 28.8 Å². The van der Waals surface area contributed by atoms with E-state index >= 15 is 0 Å². The molecule has 0 bridgehead atoms. The SMILES string of the molecule is Cc1ccc(OCc2nc(C(=O)N(C)CC(=O)Nc3ccc(OC(F)(F)F)cc3)cs2)cc1. The number of anilines is 1. The summed E-state index contributed by atoms with van der Waals surface area (Å²) in [4.78, 5) is 30.2. The molecular weight excluding hydrogens is 459 g/mol. The number of aryl methyl sites for hydroxylation is 1. The van der Waals surface area contributed by atoms with Crippen LogP contribution >= 0.6 is 11.3 Å². The van der Waals surface area contributed by atoms with Crippen LogP contribution < -0.4 is 14.8 Å². The Labute approximate surface area is 191 Å². The number of aromatic nitrogens is 1. The zero-order valence-electron chi connectivity index (χ0n) is 17.7. The summed E-state index contributed by atoms with van der Waals surface area (Å²) in [6, 6.07) is 12.2. The van der Waals surface area contributed by atoms with E-state index in [9.17, 15) is 22.8 Å². The fraction of sp³-hybridized carbons (Fsp3) is 0.227. The first-order valence-electron chi connectivity index (χ1n) is 9.64. The minimum atomic E-state index is -4.80. The van der Waals surface area contributed by atoms with Crippen LogP contribution in [0, 0.1) is 6.92 Å². The van der Waals surface area contributed by atoms with Crippen LogP contribution in [0.5, 0.6) is 11.5 Å². The number of amides is 2. The first-order valence-corrected chi connectivity index (χ1v) is 10.5. The molecule has 0 spiro atoms. The lowest BCUT2D eigenvalue weighted by Crippen LogP contribution is -2.35. The van der Waals surface area contributed by atoms with E-state index in [-0.39, 0.29) is 24.5 Å². The zero-order valence-corrected chi connectivity index (χ0v) is 18.5. The Balaban J connectivity index is 1.49. The number of alkyl halides is 3. The highest BCUT2D eigenvalue weighted by molar-refractivity contribution is 7.09. The van der Waals surface area contributed by atoms with Crippen LogP contribution in [0.4, 0.5) is 18.9 Å². The number of ether oxygens (including phenoxy) is 2. The van der Waals surface area contributed by atoms with E-state index in [1.807, 2.05) is 31.2 Å². The van der Waals surface area contributed by atoms with Crippen molar-refractivity contribution in [2.45, 2.75) is 19.9 Å². The molecule has 11 heteroatoms. The van der Waals surface area contributed by atoms with Crippen molar-refractivity contribution in [1.82, 2.24) is 9.88 Å². The van der Waals surface area contributed by atoms with Gasteiger partial charge in [0.15, 0.2) is 0 Å². The Morgan fingerprint density at radius 2 is 1.70 bits per heavy atom. The van der Waals surface area contributed by atoms with Gasteiger partial charge in [-0.1, -0.05) is 17.7 Å². The van der Waals surface area contributed by atoms with E-state index in [4.69, 9.17) is 4.74 Å². The molecule has 174 valence electrons. The summed E-state index contributed by atoms with van der Waals surface area (Å²) in [7, 11) is 1.45. The van der Waals surface area contributed by atoms with Crippen LogP contribution in [-0.2, 0) is 11.4 Å². The molecule has 2 aromatic carbocycles. The van der Waals surface area contributed by atoms with E-state index in [2.05, 4.69) is 15.0 Å². The molecule has 0 aliphatic rings. The number of benzene rings is 2. The van der Waals surface area contributed by atoms with Crippen molar-refractivity contribution < 1.29 is 32.2 Å². The van der Waals surface area contributed by atoms with Crippen molar-refractivity contribution in [3.63, 3.8) is 0 Å². The standard InChI is InChI=1S/C22H20F3N3O4S/c1-14-3-7-16(8-4-14)31-12-20-27-18(13-33-20)21(30)28(2)11-19(29)26-15-5-9-17(10-6-15)32-22(23,24)25/h3-10,13H,11-12H2,1-2H3,(H,26,29). The van der Waals surface area contributed by atoms with Crippen LogP contribution in [0.2, 0.25) is 0 Å². The summed E-state index contributed by atoms with van der Waals surface area (Å²) < 4.78 is 46.0. The predicted octanol–water partition coefficient (Wildman–Crippen LogP) is 4.64. The van der Waals surface area contributed by atoms with Gasteiger partial charge in [0, 0.05) is 18.1 Å². The summed E-state index contributed by atoms with van der Waals surface area (Å²) in [5.74, 6) is -0.681. The Morgan fingerprint density at radius 1 is 1.06 bits per heavy atom. The minimum absolute atomic E-state index is 0.187. The molecule has 2 amide bonds. The number of thiazole rings is 1. The van der Waals surface area contributed by atoms with Crippen molar-refractivity contribution in [1.29, 1.82) is 0 Å². The third-order valence-corrected chi connectivity index (χ3v) is 5.08. The van der Waals surface area contributed by atoms with Crippen LogP contribution in [-0.4, -0.2) is 41.7 Å². The second-order valence-electron chi connectivity index (χ2n) is 7.01. The van der Waals surface area contributed by atoms with Gasteiger partial charge in [-0.05, 0) is 43.3 Å². The fourth-order valence-electron chi connectivity index (χ4n) is 2.68. The molecule has 7 nitrogen and oxygen atoms in total. The van der Waals surface area contributed by atoms with Gasteiger partial charge in [0.05, 0.1) is 6.54 Å². The molecule has 0 saturated carbocycles. The summed E-state index contributed by atoms with van der Waals surface area (Å²) in [5, 5.41) is 4.71. The fourth-order valence-corrected chi connectivity index (χ4v) is 3.36. The smallest absolute Gasteiger partial charge is 0.486 e. The molecule has 1 N–H and O–H groups in total. The zero-order chi connectivity index (χ0) is 24.0. The molecule has 3 aromatic rings. The van der Waals surface area contributed by atoms with Gasteiger partial charge in [0.25, 0.3) is 5.91 Å². The van der Waals surface area contributed by atoms with E-state index in [1.165, 1.54) is 35.4 Å². The lowest BCUT2D eigenvalue weighted by Gasteiger charge is -2.16. The third kappa shape index (κ3) is 7.49. The van der Waals surface area contributed by atoms with Gasteiger partial charge in [-0.2, -0.15) is 0 Å². The summed E-state index contributed by atoms with van der Waals surface area (Å²) >= 11 is 1.27. The Kier molecular flexibility index (Phi) is 7.54. The van der Waals surface area contributed by atoms with Gasteiger partial charge in [-0.15, -0.1) is 24.5 Å². The number of rotatable bonds is 8. The molecule has 0 unspecified atom stereocenters. The number of hydrogen-bond donors (Lipinski definition) is 1. The number of carbonyl (C=O) groups excluding carboxylic acids is 2. The molecule has 0 fully saturated rings. The van der Waals surface area contributed by atoms with Crippen molar-refractivity contribution in [2.24, 2.45) is 0 Å². The lowest BCUT2D eigenvalue weighted by molar-refractivity contribution is -0.274. The minimum Gasteiger partial charge on any atom is -0.486 e. The number of nitrogens with zero attached hydrogens (tertiary/aromatic N) is 2. The maximum atomic E-state index is 12.6. The van der Waals surface area contributed by atoms with Crippen LogP contribution in [0.3, 0.4) is 0 Å². The summed E-state index contributed by atoms with van der Waals surface area (Å²) in [5.41, 5.74) is 1.56. The van der Waals surface area contributed by atoms with Crippen molar-refractivity contribution in [3.05, 3.63) is 70.2 Å². The van der Waals surface area contributed by atoms with Crippen LogP contribution in [0.1, 0.15) is 21.1 Å². The van der Waals surface area contributed by atoms with Crippen molar-refractivity contribution in [2.75, 3.05) is 18.9 Å². The van der Waals surface area contributed by atoms with Crippen molar-refractivity contribution >= 4 is 28.8 Å². The maximum Gasteiger partial charge on any atom is 0.573 e. The average molecular weight is 479 g/mol. The number of hydrogen-bond acceptors (Lipinski definition) is 6. The second-order valence-corrected chi connectivity index (χ2v) is 7.95. The molecule has 3 rings (SSSR count). The molecule has 0 saturated heterocycles. The normalized spacial score (nSPS) is 11.1. The van der Waals surface area contributed by atoms with E-state index in [0.717, 1.165) is 17.7 Å². The quantitative estimate of drug-likeness (QED) is 0.509. The topological polar surface area (TPSA) is 80.8 Å². The van der Waals surface area contributed by atoms with E-state index < -0.39 is 23.9 Å². The molecule has 1 heterocycles. The van der Waals surface area contributed by atoms with Gasteiger partial charge in [0.2, 0.25) is 5.91 Å². The lowest BCUT2D eigenvalue weighted by atomic mass is 10.2. The molecular formula is C22H20F3N3O4S. The largest absolute Gasteiger partial charge is 0.573 e. The van der Waals surface area contributed by atoms with Crippen LogP contribution in [0.25, 0.3) is 0 Å². The van der Waals surface area contributed by atoms with Gasteiger partial charge < -0.3 is 19.7 Å². The number of likely N-dealkylation sites (N-methyl/N-ethyl adjacent to an activating group) is 1. The highest BCUT2D eigenvalue weighted by Gasteiger charge is 2.31. The Hall–Kier alpha value is -3.60. The Bertz CT molecular complexity index is 1100. The van der Waals surface area contributed by atoms with Gasteiger partial charge in [-0.25, -0.2) is 4.98 Å². The summed E-state index contributed by atoms with van der Waals surface area (Å²) in [6.07, 6.45) is -4.80. The van der Waals surface area contributed by atoms with Crippen LogP contribution in [0.15, 0.2) is 53.9 Å². The second kappa shape index (κ2) is 10.3. The highest BCUT2D eigenvalue weighted by Crippen LogP contribution is 2.24. The third-order valence-electron chi connectivity index (χ3n) is 4.25. The molecule has 0 radical (unpaired) electrons. The first kappa shape index (κ1) is 24.1. The first-order chi connectivity index (χ1) is 15.6. The van der Waals surface area contributed by atoms with Crippen molar-refractivity contribution in [3.8, 4) is 11.5 Å². The summed E-state index contributed by atoms with van der Waals surface area (Å²) in [6.45, 7) is 1.91. The number of nitrogens with one attached hydrogen (secondary N) is 1. The molecule has 0 aliphatic heterocycles. The predicted molar refractivity (Wildman–Crippen MR) is 116 cm³/mol. The number of carbonyl (C=O) groups is 2. The van der Waals surface area contributed by atoms with Gasteiger partial charge >= 0.3 is 6.36 Å². The van der Waals surface area contributed by atoms with E-state index in [0.29, 0.717) is 10.8 Å². The van der Waals surface area contributed by atoms with E-state index in [1.54, 1.807) is 5.38 Å². The molecule has 0 aliphatic carbocycles. The maximum absolute atomic E-state index is 12.6. The molecule has 33 heavy (non-hydrogen) atoms. The number of halogens is 3. The molecule has 1 aromatic heterocycles. The Morgan fingerprint density at radius 3 is 2.33 bits per heavy atom. The highest BCUT2D eigenvalue weighted by atomic mass is 32.1.